The lowest BCUT2D eigenvalue weighted by molar-refractivity contribution is 0.301. The molecule has 0 N–H and O–H groups in total. The lowest BCUT2D eigenvalue weighted by atomic mass is 10.1. The minimum absolute atomic E-state index is 0.359. The van der Waals surface area contributed by atoms with Gasteiger partial charge in [0.2, 0.25) is 0 Å². The molecule has 1 heterocycles. The van der Waals surface area contributed by atoms with E-state index in [1.165, 1.54) is 5.56 Å². The Morgan fingerprint density at radius 1 is 0.808 bits per heavy atom. The van der Waals surface area contributed by atoms with E-state index < -0.39 is 0 Å². The highest BCUT2D eigenvalue weighted by Crippen LogP contribution is 2.22. The van der Waals surface area contributed by atoms with Gasteiger partial charge in [-0.1, -0.05) is 59.3 Å². The Bertz CT molecular complexity index is 980. The summed E-state index contributed by atoms with van der Waals surface area (Å²) in [5.41, 5.74) is 4.00. The van der Waals surface area contributed by atoms with E-state index in [1.807, 2.05) is 60.8 Å². The van der Waals surface area contributed by atoms with Crippen molar-refractivity contribution in [3.8, 4) is 22.6 Å². The molecule has 0 saturated heterocycles. The summed E-state index contributed by atoms with van der Waals surface area (Å²) in [4.78, 5) is 0. The fourth-order valence-corrected chi connectivity index (χ4v) is 2.74. The van der Waals surface area contributed by atoms with Gasteiger partial charge < -0.3 is 4.74 Å². The molecule has 1 aromatic heterocycles. The summed E-state index contributed by atoms with van der Waals surface area (Å²) in [7, 11) is 0. The van der Waals surface area contributed by atoms with E-state index >= 15 is 0 Å². The lowest BCUT2D eigenvalue weighted by Gasteiger charge is -2.06. The first kappa shape index (κ1) is 16.4. The maximum absolute atomic E-state index is 5.91. The van der Waals surface area contributed by atoms with Crippen molar-refractivity contribution < 1.29 is 4.74 Å². The van der Waals surface area contributed by atoms with E-state index in [-0.39, 0.29) is 0 Å². The topological polar surface area (TPSA) is 39.9 Å². The molecule has 0 aliphatic heterocycles. The summed E-state index contributed by atoms with van der Waals surface area (Å²) in [6.07, 6.45) is 1.85. The molecule has 0 spiro atoms. The number of hydrogen-bond donors (Lipinski definition) is 0. The van der Waals surface area contributed by atoms with Crippen molar-refractivity contribution in [3.63, 3.8) is 0 Å². The van der Waals surface area contributed by atoms with Gasteiger partial charge in [0.25, 0.3) is 0 Å². The first-order valence-electron chi connectivity index (χ1n) is 8.23. The van der Waals surface area contributed by atoms with Crippen molar-refractivity contribution in [2.75, 3.05) is 0 Å². The van der Waals surface area contributed by atoms with E-state index in [9.17, 15) is 0 Å². The molecule has 0 unspecified atom stereocenters. The normalized spacial score (nSPS) is 10.7. The Kier molecular flexibility index (Phi) is 4.67. The largest absolute Gasteiger partial charge is 0.487 e. The second-order valence-electron chi connectivity index (χ2n) is 5.81. The Balaban J connectivity index is 1.41. The Morgan fingerprint density at radius 3 is 2.23 bits per heavy atom. The molecule has 0 aliphatic carbocycles. The number of halogens is 1. The zero-order chi connectivity index (χ0) is 17.8. The van der Waals surface area contributed by atoms with Crippen molar-refractivity contribution in [3.05, 3.63) is 95.8 Å². The van der Waals surface area contributed by atoms with Gasteiger partial charge in [-0.2, -0.15) is 0 Å². The van der Waals surface area contributed by atoms with Crippen molar-refractivity contribution >= 4 is 11.6 Å². The molecule has 4 nitrogen and oxygen atoms in total. The third-order valence-corrected chi connectivity index (χ3v) is 4.23. The molecule has 3 aromatic carbocycles. The average molecular weight is 362 g/mol. The van der Waals surface area contributed by atoms with Crippen LogP contribution in [0.3, 0.4) is 0 Å². The maximum Gasteiger partial charge on any atom is 0.134 e. The second-order valence-corrected chi connectivity index (χ2v) is 6.25. The molecule has 0 aliphatic rings. The van der Waals surface area contributed by atoms with Crippen LogP contribution >= 0.6 is 11.6 Å². The zero-order valence-corrected chi connectivity index (χ0v) is 14.7. The van der Waals surface area contributed by atoms with Crippen molar-refractivity contribution in [2.24, 2.45) is 0 Å². The zero-order valence-electron chi connectivity index (χ0n) is 13.9. The van der Waals surface area contributed by atoms with Gasteiger partial charge in [-0.15, -0.1) is 5.10 Å². The molecular formula is C21H16ClN3O. The second kappa shape index (κ2) is 7.42. The van der Waals surface area contributed by atoms with Crippen molar-refractivity contribution in [1.29, 1.82) is 0 Å². The standard InChI is InChI=1S/C21H16ClN3O/c22-18-8-10-20(11-9-18)25-14-19(23-24-25)15-26-21-12-6-17(7-13-21)16-4-2-1-3-5-16/h1-14H,15H2. The molecule has 4 rings (SSSR count). The predicted molar refractivity (Wildman–Crippen MR) is 103 cm³/mol. The number of hydrogen-bond acceptors (Lipinski definition) is 3. The van der Waals surface area contributed by atoms with E-state index in [4.69, 9.17) is 16.3 Å². The van der Waals surface area contributed by atoms with Crippen LogP contribution in [0.1, 0.15) is 5.69 Å². The Morgan fingerprint density at radius 2 is 1.50 bits per heavy atom. The molecular weight excluding hydrogens is 346 g/mol. The molecule has 0 radical (unpaired) electrons. The first-order chi connectivity index (χ1) is 12.8. The highest BCUT2D eigenvalue weighted by molar-refractivity contribution is 6.30. The first-order valence-corrected chi connectivity index (χ1v) is 8.61. The van der Waals surface area contributed by atoms with Crippen LogP contribution in [0, 0.1) is 0 Å². The summed E-state index contributed by atoms with van der Waals surface area (Å²) in [5, 5.41) is 8.97. The van der Waals surface area contributed by atoms with Crippen LogP contribution in [0.15, 0.2) is 85.1 Å². The van der Waals surface area contributed by atoms with Crippen molar-refractivity contribution in [1.82, 2.24) is 15.0 Å². The molecule has 4 aromatic rings. The van der Waals surface area contributed by atoms with E-state index in [2.05, 4.69) is 34.6 Å². The monoisotopic (exact) mass is 361 g/mol. The predicted octanol–water partition coefficient (Wildman–Crippen LogP) is 5.17. The van der Waals surface area contributed by atoms with Crippen LogP contribution in [-0.4, -0.2) is 15.0 Å². The van der Waals surface area contributed by atoms with Gasteiger partial charge in [-0.25, -0.2) is 4.68 Å². The van der Waals surface area contributed by atoms with Gasteiger partial charge in [0.1, 0.15) is 18.1 Å². The highest BCUT2D eigenvalue weighted by atomic mass is 35.5. The van der Waals surface area contributed by atoms with E-state index in [1.54, 1.807) is 4.68 Å². The van der Waals surface area contributed by atoms with Crippen LogP contribution in [0.4, 0.5) is 0 Å². The van der Waals surface area contributed by atoms with E-state index in [0.29, 0.717) is 11.6 Å². The molecule has 0 bridgehead atoms. The fourth-order valence-electron chi connectivity index (χ4n) is 2.62. The highest BCUT2D eigenvalue weighted by Gasteiger charge is 2.04. The quantitative estimate of drug-likeness (QED) is 0.492. The molecule has 128 valence electrons. The van der Waals surface area contributed by atoms with E-state index in [0.717, 1.165) is 22.7 Å². The number of nitrogens with zero attached hydrogens (tertiary/aromatic N) is 3. The van der Waals surface area contributed by atoms with Gasteiger partial charge in [-0.05, 0) is 47.5 Å². The average Bonchev–Trinajstić information content (AvgIpc) is 3.17. The van der Waals surface area contributed by atoms with Gasteiger partial charge in [0.15, 0.2) is 0 Å². The number of aromatic nitrogens is 3. The minimum Gasteiger partial charge on any atom is -0.487 e. The smallest absolute Gasteiger partial charge is 0.134 e. The summed E-state index contributed by atoms with van der Waals surface area (Å²) in [5.74, 6) is 0.797. The Hall–Kier alpha value is -3.11. The summed E-state index contributed by atoms with van der Waals surface area (Å²) in [6.45, 7) is 0.359. The summed E-state index contributed by atoms with van der Waals surface area (Å²) >= 11 is 5.91. The minimum atomic E-state index is 0.359. The van der Waals surface area contributed by atoms with Crippen molar-refractivity contribution in [2.45, 2.75) is 6.61 Å². The third kappa shape index (κ3) is 3.76. The van der Waals surface area contributed by atoms with Crippen LogP contribution < -0.4 is 4.74 Å². The van der Waals surface area contributed by atoms with Gasteiger partial charge in [0, 0.05) is 5.02 Å². The molecule has 0 amide bonds. The lowest BCUT2D eigenvalue weighted by Crippen LogP contribution is -1.95. The molecule has 0 atom stereocenters. The summed E-state index contributed by atoms with van der Waals surface area (Å²) in [6, 6.07) is 25.7. The van der Waals surface area contributed by atoms with Crippen LogP contribution in [-0.2, 0) is 6.61 Å². The number of rotatable bonds is 5. The van der Waals surface area contributed by atoms with Gasteiger partial charge >= 0.3 is 0 Å². The van der Waals surface area contributed by atoms with Gasteiger partial charge in [0.05, 0.1) is 11.9 Å². The van der Waals surface area contributed by atoms with Crippen LogP contribution in [0.25, 0.3) is 16.8 Å². The molecule has 26 heavy (non-hydrogen) atoms. The maximum atomic E-state index is 5.91. The SMILES string of the molecule is Clc1ccc(-n2cc(COc3ccc(-c4ccccc4)cc3)nn2)cc1. The van der Waals surface area contributed by atoms with Crippen LogP contribution in [0.5, 0.6) is 5.75 Å². The molecule has 0 saturated carbocycles. The van der Waals surface area contributed by atoms with Crippen LogP contribution in [0.2, 0.25) is 5.02 Å². The number of benzene rings is 3. The summed E-state index contributed by atoms with van der Waals surface area (Å²) < 4.78 is 7.52. The fraction of sp³-hybridized carbons (Fsp3) is 0.0476. The molecule has 0 fully saturated rings. The third-order valence-electron chi connectivity index (χ3n) is 3.98. The number of ether oxygens (including phenoxy) is 1. The van der Waals surface area contributed by atoms with Gasteiger partial charge in [-0.3, -0.25) is 0 Å². The Labute approximate surface area is 156 Å². The molecule has 5 heteroatoms.